The maximum atomic E-state index is 10.9. The minimum absolute atomic E-state index is 0.318. The fourth-order valence-corrected chi connectivity index (χ4v) is 3.12. The molecule has 8 nitrogen and oxygen atoms in total. The highest BCUT2D eigenvalue weighted by Gasteiger charge is 2.21. The van der Waals surface area contributed by atoms with E-state index >= 15 is 0 Å². The maximum Gasteiger partial charge on any atom is 0.311 e. The Bertz CT molecular complexity index is 836. The maximum absolute atomic E-state index is 10.9. The average Bonchev–Trinajstić information content (AvgIpc) is 2.95. The molecule has 1 aromatic heterocycles. The van der Waals surface area contributed by atoms with Crippen molar-refractivity contribution in [3.8, 4) is 5.75 Å². The minimum atomic E-state index is -0.635. The van der Waals surface area contributed by atoms with Crippen LogP contribution in [-0.4, -0.2) is 31.1 Å². The lowest BCUT2D eigenvalue weighted by Gasteiger charge is -2.19. The van der Waals surface area contributed by atoms with Gasteiger partial charge in [0.05, 0.1) is 11.1 Å². The molecule has 1 aliphatic rings. The normalized spacial score (nSPS) is 15.8. The quantitative estimate of drug-likeness (QED) is 0.381. The van der Waals surface area contributed by atoms with Gasteiger partial charge < -0.3 is 5.11 Å². The first-order valence-corrected chi connectivity index (χ1v) is 8.16. The van der Waals surface area contributed by atoms with Crippen LogP contribution in [-0.2, 0) is 0 Å². The Morgan fingerprint density at radius 3 is 2.88 bits per heavy atom. The van der Waals surface area contributed by atoms with Crippen LogP contribution in [0.1, 0.15) is 49.4 Å². The molecule has 0 unspecified atom stereocenters. The SMILES string of the molecule is O=[N+]([O-])c1cc(/C=N\n2c(C3CCCCC3)n[nH]c2=S)ccc1O. The molecule has 2 aromatic rings. The van der Waals surface area contributed by atoms with Crippen LogP contribution in [0.4, 0.5) is 5.69 Å². The molecule has 2 N–H and O–H groups in total. The molecule has 0 saturated heterocycles. The zero-order chi connectivity index (χ0) is 17.1. The van der Waals surface area contributed by atoms with Gasteiger partial charge >= 0.3 is 5.69 Å². The predicted octanol–water partition coefficient (Wildman–Crippen LogP) is 3.48. The summed E-state index contributed by atoms with van der Waals surface area (Å²) in [6, 6.07) is 4.09. The van der Waals surface area contributed by atoms with E-state index in [1.54, 1.807) is 10.7 Å². The number of aromatic amines is 1. The number of rotatable bonds is 4. The second kappa shape index (κ2) is 6.91. The van der Waals surface area contributed by atoms with Crippen LogP contribution in [0.15, 0.2) is 23.3 Å². The third kappa shape index (κ3) is 3.35. The van der Waals surface area contributed by atoms with Gasteiger partial charge in [0.25, 0.3) is 0 Å². The summed E-state index contributed by atoms with van der Waals surface area (Å²) >= 11 is 5.23. The van der Waals surface area contributed by atoms with E-state index in [1.807, 2.05) is 0 Å². The van der Waals surface area contributed by atoms with Crippen molar-refractivity contribution >= 4 is 24.1 Å². The molecule has 1 fully saturated rings. The van der Waals surface area contributed by atoms with E-state index in [0.717, 1.165) is 31.5 Å². The third-order valence-electron chi connectivity index (χ3n) is 4.16. The molecule has 9 heteroatoms. The zero-order valence-electron chi connectivity index (χ0n) is 12.9. The highest BCUT2D eigenvalue weighted by atomic mass is 32.1. The Morgan fingerprint density at radius 2 is 2.17 bits per heavy atom. The van der Waals surface area contributed by atoms with E-state index < -0.39 is 4.92 Å². The van der Waals surface area contributed by atoms with E-state index in [9.17, 15) is 15.2 Å². The number of phenols is 1. The topological polar surface area (TPSA) is 109 Å². The molecule has 0 atom stereocenters. The standard InChI is InChI=1S/C15H17N5O3S/c21-13-7-6-10(8-12(13)20(22)23)9-16-19-14(17-18-15(19)24)11-4-2-1-3-5-11/h6-9,11,21H,1-5H2,(H,18,24)/b16-9-. The molecular formula is C15H17N5O3S. The van der Waals surface area contributed by atoms with E-state index in [0.29, 0.717) is 16.3 Å². The smallest absolute Gasteiger partial charge is 0.311 e. The van der Waals surface area contributed by atoms with Crippen LogP contribution >= 0.6 is 12.2 Å². The molecule has 0 spiro atoms. The molecule has 0 amide bonds. The molecule has 1 aliphatic carbocycles. The van der Waals surface area contributed by atoms with Gasteiger partial charge in [0.1, 0.15) is 0 Å². The van der Waals surface area contributed by atoms with E-state index in [1.165, 1.54) is 24.8 Å². The van der Waals surface area contributed by atoms with Gasteiger partial charge in [-0.25, -0.2) is 0 Å². The van der Waals surface area contributed by atoms with Crippen molar-refractivity contribution < 1.29 is 10.0 Å². The van der Waals surface area contributed by atoms with E-state index in [-0.39, 0.29) is 11.4 Å². The van der Waals surface area contributed by atoms with Crippen LogP contribution < -0.4 is 0 Å². The van der Waals surface area contributed by atoms with Gasteiger partial charge in [-0.05, 0) is 37.2 Å². The third-order valence-corrected chi connectivity index (χ3v) is 4.43. The lowest BCUT2D eigenvalue weighted by atomic mass is 9.89. The summed E-state index contributed by atoms with van der Waals surface area (Å²) in [6.07, 6.45) is 7.15. The Balaban J connectivity index is 1.90. The summed E-state index contributed by atoms with van der Waals surface area (Å²) in [7, 11) is 0. The summed E-state index contributed by atoms with van der Waals surface area (Å²) in [5, 5.41) is 31.8. The van der Waals surface area contributed by atoms with E-state index in [4.69, 9.17) is 12.2 Å². The number of nitrogens with zero attached hydrogens (tertiary/aromatic N) is 4. The Labute approximate surface area is 143 Å². The molecule has 1 saturated carbocycles. The summed E-state index contributed by atoms with van der Waals surface area (Å²) in [6.45, 7) is 0. The minimum Gasteiger partial charge on any atom is -0.502 e. The second-order valence-electron chi connectivity index (χ2n) is 5.78. The van der Waals surface area contributed by atoms with Gasteiger partial charge in [-0.2, -0.15) is 14.9 Å². The first-order chi connectivity index (χ1) is 11.6. The number of nitrogens with one attached hydrogen (secondary N) is 1. The molecule has 0 bridgehead atoms. The molecule has 1 aromatic carbocycles. The Morgan fingerprint density at radius 1 is 1.42 bits per heavy atom. The number of hydrogen-bond donors (Lipinski definition) is 2. The predicted molar refractivity (Wildman–Crippen MR) is 91.0 cm³/mol. The van der Waals surface area contributed by atoms with Crippen molar-refractivity contribution in [3.63, 3.8) is 0 Å². The molecule has 0 radical (unpaired) electrons. The molecule has 3 rings (SSSR count). The zero-order valence-corrected chi connectivity index (χ0v) is 13.7. The number of H-pyrrole nitrogens is 1. The number of nitro groups is 1. The van der Waals surface area contributed by atoms with Gasteiger partial charge in [-0.3, -0.25) is 15.2 Å². The monoisotopic (exact) mass is 347 g/mol. The fourth-order valence-electron chi connectivity index (χ4n) is 2.93. The van der Waals surface area contributed by atoms with Gasteiger partial charge in [0.2, 0.25) is 4.77 Å². The summed E-state index contributed by atoms with van der Waals surface area (Å²) in [5.74, 6) is 0.738. The van der Waals surface area contributed by atoms with Crippen LogP contribution in [0.3, 0.4) is 0 Å². The average molecular weight is 347 g/mol. The van der Waals surface area contributed by atoms with Crippen molar-refractivity contribution in [3.05, 3.63) is 44.5 Å². The number of aromatic hydroxyl groups is 1. The molecule has 24 heavy (non-hydrogen) atoms. The first kappa shape index (κ1) is 16.3. The first-order valence-electron chi connectivity index (χ1n) is 7.75. The van der Waals surface area contributed by atoms with Crippen LogP contribution in [0, 0.1) is 14.9 Å². The largest absolute Gasteiger partial charge is 0.502 e. The number of phenolic OH excluding ortho intramolecular Hbond substituents is 1. The van der Waals surface area contributed by atoms with Crippen molar-refractivity contribution in [2.24, 2.45) is 5.10 Å². The van der Waals surface area contributed by atoms with Crippen molar-refractivity contribution in [1.29, 1.82) is 0 Å². The van der Waals surface area contributed by atoms with Crippen molar-refractivity contribution in [1.82, 2.24) is 14.9 Å². The van der Waals surface area contributed by atoms with Crippen LogP contribution in [0.2, 0.25) is 0 Å². The van der Waals surface area contributed by atoms with Crippen LogP contribution in [0.25, 0.3) is 0 Å². The number of aromatic nitrogens is 3. The molecule has 1 heterocycles. The van der Waals surface area contributed by atoms with Crippen molar-refractivity contribution in [2.45, 2.75) is 38.0 Å². The Hall–Kier alpha value is -2.55. The molecule has 0 aliphatic heterocycles. The number of nitro benzene ring substituents is 1. The van der Waals surface area contributed by atoms with Crippen molar-refractivity contribution in [2.75, 3.05) is 0 Å². The highest BCUT2D eigenvalue weighted by molar-refractivity contribution is 7.71. The van der Waals surface area contributed by atoms with Gasteiger partial charge in [-0.1, -0.05) is 19.3 Å². The van der Waals surface area contributed by atoms with Gasteiger partial charge in [-0.15, -0.1) is 0 Å². The van der Waals surface area contributed by atoms with Gasteiger partial charge in [0.15, 0.2) is 11.6 Å². The summed E-state index contributed by atoms with van der Waals surface area (Å²) < 4.78 is 1.96. The molecular weight excluding hydrogens is 330 g/mol. The lowest BCUT2D eigenvalue weighted by Crippen LogP contribution is -2.10. The fraction of sp³-hybridized carbons (Fsp3) is 0.400. The number of benzene rings is 1. The number of hydrogen-bond acceptors (Lipinski definition) is 6. The van der Waals surface area contributed by atoms with Gasteiger partial charge in [0, 0.05) is 17.5 Å². The molecule has 126 valence electrons. The van der Waals surface area contributed by atoms with E-state index in [2.05, 4.69) is 15.3 Å². The van der Waals surface area contributed by atoms with Crippen LogP contribution in [0.5, 0.6) is 5.75 Å². The lowest BCUT2D eigenvalue weighted by molar-refractivity contribution is -0.385. The second-order valence-corrected chi connectivity index (χ2v) is 6.17. The summed E-state index contributed by atoms with van der Waals surface area (Å²) in [5.41, 5.74) is 0.138. The highest BCUT2D eigenvalue weighted by Crippen LogP contribution is 2.31. The summed E-state index contributed by atoms with van der Waals surface area (Å²) in [4.78, 5) is 10.3. The Kier molecular flexibility index (Phi) is 4.70.